The number of nitrogens with zero attached hydrogens (tertiary/aromatic N) is 1. The Bertz CT molecular complexity index is 1470. The third-order valence-corrected chi connectivity index (χ3v) is 9.35. The minimum absolute atomic E-state index is 0.0108. The van der Waals surface area contributed by atoms with Gasteiger partial charge in [0.2, 0.25) is 9.84 Å². The molecule has 0 atom stereocenters. The lowest BCUT2D eigenvalue weighted by Crippen LogP contribution is -3.12. The van der Waals surface area contributed by atoms with Crippen molar-refractivity contribution in [3.63, 3.8) is 0 Å². The van der Waals surface area contributed by atoms with Crippen LogP contribution in [0.25, 0.3) is 0 Å². The Balaban J connectivity index is 1.48. The molecule has 2 N–H and O–H groups in total. The maximum Gasteiger partial charge on any atom is 0.259 e. The molecular weight excluding hydrogens is 522 g/mol. The summed E-state index contributed by atoms with van der Waals surface area (Å²) < 4.78 is 27.3. The standard InChI is InChI=1S/C29H30ClN3O4S/c30-23-9-7-8-21(18-23)20-33-25-19-22(28(34)31-14-17-32-15-5-1-2-6-16-32)12-13-27(25)38(36,37)26-11-4-3-10-24(26)29(33)35/h3-4,7-13,18-19H,1-2,5-6,14-17,20H2,(H,31,34)/p+1. The first kappa shape index (κ1) is 26.4. The van der Waals surface area contributed by atoms with Crippen LogP contribution in [-0.4, -0.2) is 46.4 Å². The lowest BCUT2D eigenvalue weighted by atomic mass is 10.1. The molecule has 0 bridgehead atoms. The monoisotopic (exact) mass is 552 g/mol. The molecule has 38 heavy (non-hydrogen) atoms. The van der Waals surface area contributed by atoms with Crippen molar-refractivity contribution in [3.05, 3.63) is 88.4 Å². The van der Waals surface area contributed by atoms with E-state index in [1.54, 1.807) is 30.3 Å². The summed E-state index contributed by atoms with van der Waals surface area (Å²) in [6.07, 6.45) is 4.95. The maximum atomic E-state index is 13.8. The SMILES string of the molecule is O=C(NCC[NH+]1CCCCCC1)c1ccc2c(c1)N(Cc1cccc(Cl)c1)C(=O)c1ccccc1S2(=O)=O. The topological polar surface area (TPSA) is 88.0 Å². The molecule has 1 saturated heterocycles. The van der Waals surface area contributed by atoms with Crippen molar-refractivity contribution in [1.29, 1.82) is 0 Å². The number of carbonyl (C=O) groups is 2. The lowest BCUT2D eigenvalue weighted by Gasteiger charge is -2.24. The summed E-state index contributed by atoms with van der Waals surface area (Å²) in [5.41, 5.74) is 1.32. The van der Waals surface area contributed by atoms with Gasteiger partial charge in [-0.05, 0) is 73.7 Å². The minimum Gasteiger partial charge on any atom is -0.346 e. The summed E-state index contributed by atoms with van der Waals surface area (Å²) in [6, 6.07) is 17.7. The number of anilines is 1. The van der Waals surface area contributed by atoms with Crippen LogP contribution in [0.1, 0.15) is 52.0 Å². The molecule has 0 radical (unpaired) electrons. The molecule has 1 fully saturated rings. The summed E-state index contributed by atoms with van der Waals surface area (Å²) in [5, 5.41) is 3.49. The van der Waals surface area contributed by atoms with E-state index in [0.29, 0.717) is 17.1 Å². The molecule has 0 saturated carbocycles. The van der Waals surface area contributed by atoms with Crippen LogP contribution in [0.3, 0.4) is 0 Å². The van der Waals surface area contributed by atoms with Gasteiger partial charge in [-0.25, -0.2) is 8.42 Å². The lowest BCUT2D eigenvalue weighted by molar-refractivity contribution is -0.898. The van der Waals surface area contributed by atoms with E-state index in [4.69, 9.17) is 11.6 Å². The number of likely N-dealkylation sites (tertiary alicyclic amines) is 1. The van der Waals surface area contributed by atoms with Crippen LogP contribution in [0.4, 0.5) is 5.69 Å². The second-order valence-electron chi connectivity index (χ2n) is 9.87. The van der Waals surface area contributed by atoms with Crippen LogP contribution in [-0.2, 0) is 16.4 Å². The van der Waals surface area contributed by atoms with Gasteiger partial charge in [0.25, 0.3) is 11.8 Å². The Morgan fingerprint density at radius 1 is 0.921 bits per heavy atom. The smallest absolute Gasteiger partial charge is 0.259 e. The van der Waals surface area contributed by atoms with E-state index < -0.39 is 15.7 Å². The Kier molecular flexibility index (Phi) is 7.83. The Morgan fingerprint density at radius 3 is 2.45 bits per heavy atom. The predicted octanol–water partition coefficient (Wildman–Crippen LogP) is 3.52. The van der Waals surface area contributed by atoms with Crippen LogP contribution in [0.2, 0.25) is 5.02 Å². The van der Waals surface area contributed by atoms with E-state index in [2.05, 4.69) is 5.32 Å². The van der Waals surface area contributed by atoms with Gasteiger partial charge < -0.3 is 15.1 Å². The summed E-state index contributed by atoms with van der Waals surface area (Å²) in [4.78, 5) is 29.7. The second kappa shape index (κ2) is 11.3. The number of hydrogen-bond acceptors (Lipinski definition) is 4. The number of benzene rings is 3. The molecule has 2 aliphatic rings. The average Bonchev–Trinajstić information content (AvgIpc) is 3.22. The molecule has 9 heteroatoms. The van der Waals surface area contributed by atoms with E-state index in [1.165, 1.54) is 65.8 Å². The Hall–Kier alpha value is -3.20. The van der Waals surface area contributed by atoms with Crippen molar-refractivity contribution in [2.45, 2.75) is 42.0 Å². The molecule has 2 aliphatic heterocycles. The van der Waals surface area contributed by atoms with Crippen molar-refractivity contribution >= 4 is 38.9 Å². The number of quaternary nitrogens is 1. The van der Waals surface area contributed by atoms with Crippen LogP contribution in [0.5, 0.6) is 0 Å². The van der Waals surface area contributed by atoms with Gasteiger partial charge in [0.1, 0.15) is 0 Å². The van der Waals surface area contributed by atoms with E-state index in [9.17, 15) is 18.0 Å². The largest absolute Gasteiger partial charge is 0.346 e. The zero-order valence-electron chi connectivity index (χ0n) is 21.1. The number of sulfone groups is 1. The van der Waals surface area contributed by atoms with Gasteiger partial charge >= 0.3 is 0 Å². The average molecular weight is 553 g/mol. The molecular formula is C29H31ClN3O4S+. The molecule has 0 unspecified atom stereocenters. The second-order valence-corrected chi connectivity index (χ2v) is 12.2. The molecule has 198 valence electrons. The van der Waals surface area contributed by atoms with Crippen LogP contribution in [0, 0.1) is 0 Å². The summed E-state index contributed by atoms with van der Waals surface area (Å²) in [7, 11) is -4.01. The fraction of sp³-hybridized carbons (Fsp3) is 0.310. The fourth-order valence-electron chi connectivity index (χ4n) is 5.26. The summed E-state index contributed by atoms with van der Waals surface area (Å²) in [6.45, 7) is 3.71. The predicted molar refractivity (Wildman–Crippen MR) is 147 cm³/mol. The first-order valence-corrected chi connectivity index (χ1v) is 14.9. The number of halogens is 1. The number of fused-ring (bicyclic) bond motifs is 2. The number of rotatable bonds is 6. The minimum atomic E-state index is -4.01. The van der Waals surface area contributed by atoms with Gasteiger partial charge in [-0.3, -0.25) is 9.59 Å². The quantitative estimate of drug-likeness (QED) is 0.490. The number of carbonyl (C=O) groups excluding carboxylic acids is 2. The normalized spacial score (nSPS) is 17.2. The van der Waals surface area contributed by atoms with Crippen LogP contribution < -0.4 is 15.1 Å². The van der Waals surface area contributed by atoms with E-state index >= 15 is 0 Å². The number of amides is 2. The van der Waals surface area contributed by atoms with Gasteiger partial charge in [-0.2, -0.15) is 0 Å². The van der Waals surface area contributed by atoms with Gasteiger partial charge in [0.05, 0.1) is 53.8 Å². The van der Waals surface area contributed by atoms with Crippen LogP contribution >= 0.6 is 11.6 Å². The van der Waals surface area contributed by atoms with Crippen LogP contribution in [0.15, 0.2) is 76.5 Å². The molecule has 0 spiro atoms. The summed E-state index contributed by atoms with van der Waals surface area (Å²) >= 11 is 6.18. The van der Waals surface area contributed by atoms with Crippen molar-refractivity contribution in [3.8, 4) is 0 Å². The van der Waals surface area contributed by atoms with E-state index in [0.717, 1.165) is 25.2 Å². The molecule has 5 rings (SSSR count). The van der Waals surface area contributed by atoms with Crippen molar-refractivity contribution in [1.82, 2.24) is 5.32 Å². The number of hydrogen-bond donors (Lipinski definition) is 2. The number of nitrogens with one attached hydrogen (secondary N) is 2. The zero-order chi connectivity index (χ0) is 26.7. The highest BCUT2D eigenvalue weighted by Gasteiger charge is 2.36. The van der Waals surface area contributed by atoms with Crippen molar-refractivity contribution in [2.24, 2.45) is 0 Å². The molecule has 3 aromatic rings. The highest BCUT2D eigenvalue weighted by molar-refractivity contribution is 7.91. The summed E-state index contributed by atoms with van der Waals surface area (Å²) in [5.74, 6) is -0.749. The third-order valence-electron chi connectivity index (χ3n) is 7.26. The van der Waals surface area contributed by atoms with Crippen molar-refractivity contribution in [2.75, 3.05) is 31.1 Å². The highest BCUT2D eigenvalue weighted by Crippen LogP contribution is 2.38. The first-order chi connectivity index (χ1) is 18.3. The third kappa shape index (κ3) is 5.48. The molecule has 3 aromatic carbocycles. The Labute approximate surface area is 228 Å². The molecule has 2 amide bonds. The molecule has 0 aromatic heterocycles. The Morgan fingerprint density at radius 2 is 1.68 bits per heavy atom. The van der Waals surface area contributed by atoms with E-state index in [-0.39, 0.29) is 33.5 Å². The van der Waals surface area contributed by atoms with Gasteiger partial charge in [-0.1, -0.05) is 35.9 Å². The van der Waals surface area contributed by atoms with Crippen molar-refractivity contribution < 1.29 is 22.9 Å². The van der Waals surface area contributed by atoms with Gasteiger partial charge in [0, 0.05) is 10.6 Å². The van der Waals surface area contributed by atoms with Gasteiger partial charge in [0.15, 0.2) is 0 Å². The zero-order valence-corrected chi connectivity index (χ0v) is 22.7. The molecule has 0 aliphatic carbocycles. The highest BCUT2D eigenvalue weighted by atomic mass is 35.5. The maximum absolute atomic E-state index is 13.8. The molecule has 2 heterocycles. The van der Waals surface area contributed by atoms with E-state index in [1.807, 2.05) is 6.07 Å². The van der Waals surface area contributed by atoms with Gasteiger partial charge in [-0.15, -0.1) is 0 Å². The fourth-order valence-corrected chi connectivity index (χ4v) is 7.10. The molecule has 7 nitrogen and oxygen atoms in total. The first-order valence-electron chi connectivity index (χ1n) is 13.0.